The van der Waals surface area contributed by atoms with Gasteiger partial charge in [-0.15, -0.1) is 0 Å². The summed E-state index contributed by atoms with van der Waals surface area (Å²) in [5.74, 6) is 2.32. The molecule has 0 aromatic heterocycles. The summed E-state index contributed by atoms with van der Waals surface area (Å²) in [5.41, 5.74) is 0.577. The first-order valence-electron chi connectivity index (χ1n) is 7.73. The Bertz CT molecular complexity index is 316. The molecule has 1 heterocycles. The molecule has 2 nitrogen and oxygen atoms in total. The van der Waals surface area contributed by atoms with Crippen molar-refractivity contribution in [2.75, 3.05) is 12.3 Å². The van der Waals surface area contributed by atoms with Crippen molar-refractivity contribution < 1.29 is 0 Å². The van der Waals surface area contributed by atoms with Crippen LogP contribution in [-0.4, -0.2) is 23.5 Å². The Labute approximate surface area is 115 Å². The molecule has 3 aliphatic rings. The van der Waals surface area contributed by atoms with Crippen molar-refractivity contribution in [3.05, 3.63) is 0 Å². The summed E-state index contributed by atoms with van der Waals surface area (Å²) in [6, 6.07) is 0.668. The molecule has 1 atom stereocenters. The van der Waals surface area contributed by atoms with E-state index in [4.69, 9.17) is 4.99 Å². The highest BCUT2D eigenvalue weighted by molar-refractivity contribution is 8.13. The van der Waals surface area contributed by atoms with Crippen molar-refractivity contribution >= 4 is 16.9 Å². The largest absolute Gasteiger partial charge is 0.362 e. The third kappa shape index (κ3) is 3.04. The molecule has 102 valence electrons. The van der Waals surface area contributed by atoms with E-state index in [-0.39, 0.29) is 0 Å². The van der Waals surface area contributed by atoms with Gasteiger partial charge in [-0.1, -0.05) is 44.4 Å². The molecule has 2 fully saturated rings. The van der Waals surface area contributed by atoms with Gasteiger partial charge in [0.15, 0.2) is 5.17 Å². The first kappa shape index (κ1) is 12.8. The number of hydrogen-bond acceptors (Lipinski definition) is 3. The number of nitrogens with one attached hydrogen (secondary N) is 1. The predicted molar refractivity (Wildman–Crippen MR) is 80.2 cm³/mol. The number of aliphatic imine (C=N–C) groups is 1. The minimum Gasteiger partial charge on any atom is -0.362 e. The minimum atomic E-state index is 0.577. The van der Waals surface area contributed by atoms with Gasteiger partial charge in [0, 0.05) is 18.3 Å². The quantitative estimate of drug-likeness (QED) is 0.836. The Hall–Kier alpha value is -0.180. The topological polar surface area (TPSA) is 24.4 Å². The Balaban J connectivity index is 1.51. The van der Waals surface area contributed by atoms with Crippen molar-refractivity contribution in [3.8, 4) is 0 Å². The summed E-state index contributed by atoms with van der Waals surface area (Å²) in [5, 5.41) is 4.93. The highest BCUT2D eigenvalue weighted by atomic mass is 32.2. The molecule has 1 unspecified atom stereocenters. The van der Waals surface area contributed by atoms with E-state index in [1.165, 1.54) is 62.3 Å². The fourth-order valence-corrected chi connectivity index (χ4v) is 4.55. The average molecular weight is 266 g/mol. The molecule has 2 aliphatic carbocycles. The van der Waals surface area contributed by atoms with Crippen molar-refractivity contribution in [2.45, 2.75) is 64.3 Å². The zero-order valence-corrected chi connectivity index (χ0v) is 12.4. The number of thioether (sulfide) groups is 1. The normalized spacial score (nSPS) is 28.2. The van der Waals surface area contributed by atoms with E-state index in [0.717, 1.165) is 12.5 Å². The van der Waals surface area contributed by atoms with Gasteiger partial charge in [0.1, 0.15) is 0 Å². The maximum Gasteiger partial charge on any atom is 0.156 e. The van der Waals surface area contributed by atoms with Gasteiger partial charge in [0.2, 0.25) is 0 Å². The Morgan fingerprint density at radius 3 is 2.72 bits per heavy atom. The van der Waals surface area contributed by atoms with Gasteiger partial charge in [-0.05, 0) is 37.0 Å². The van der Waals surface area contributed by atoms with E-state index in [1.807, 2.05) is 11.8 Å². The summed E-state index contributed by atoms with van der Waals surface area (Å²) >= 11 is 1.99. The summed E-state index contributed by atoms with van der Waals surface area (Å²) in [4.78, 5) is 4.85. The third-order valence-electron chi connectivity index (χ3n) is 4.87. The van der Waals surface area contributed by atoms with Gasteiger partial charge >= 0.3 is 0 Å². The van der Waals surface area contributed by atoms with Crippen LogP contribution in [0.15, 0.2) is 4.99 Å². The van der Waals surface area contributed by atoms with Crippen LogP contribution in [0, 0.1) is 11.3 Å². The van der Waals surface area contributed by atoms with Crippen LogP contribution in [0.1, 0.15) is 58.3 Å². The zero-order chi connectivity index (χ0) is 12.4. The first-order chi connectivity index (χ1) is 8.80. The molecule has 18 heavy (non-hydrogen) atoms. The SMILES string of the molecule is CCC(CC1CC1)NC1=NCC2(CCCC2)CS1. The molecule has 0 saturated heterocycles. The second kappa shape index (κ2) is 5.44. The Kier molecular flexibility index (Phi) is 3.88. The van der Waals surface area contributed by atoms with Crippen LogP contribution in [0.4, 0.5) is 0 Å². The fraction of sp³-hybridized carbons (Fsp3) is 0.933. The predicted octanol–water partition coefficient (Wildman–Crippen LogP) is 3.82. The molecule has 0 bridgehead atoms. The fourth-order valence-electron chi connectivity index (χ4n) is 3.33. The van der Waals surface area contributed by atoms with Gasteiger partial charge in [-0.2, -0.15) is 0 Å². The molecule has 1 N–H and O–H groups in total. The smallest absolute Gasteiger partial charge is 0.156 e. The molecule has 1 aliphatic heterocycles. The maximum atomic E-state index is 4.85. The van der Waals surface area contributed by atoms with Crippen LogP contribution in [0.3, 0.4) is 0 Å². The lowest BCUT2D eigenvalue weighted by molar-refractivity contribution is 0.357. The summed E-state index contributed by atoms with van der Waals surface area (Å²) in [6.45, 7) is 3.38. The monoisotopic (exact) mass is 266 g/mol. The molecule has 0 aromatic carbocycles. The first-order valence-corrected chi connectivity index (χ1v) is 8.72. The van der Waals surface area contributed by atoms with Crippen molar-refractivity contribution in [1.82, 2.24) is 5.32 Å². The van der Waals surface area contributed by atoms with Crippen LogP contribution >= 0.6 is 11.8 Å². The van der Waals surface area contributed by atoms with Gasteiger partial charge in [0.25, 0.3) is 0 Å². The van der Waals surface area contributed by atoms with E-state index in [1.54, 1.807) is 0 Å². The standard InChI is InChI=1S/C15H26N2S/c1-2-13(9-12-5-6-12)17-14-16-10-15(11-18-14)7-3-4-8-15/h12-13H,2-11H2,1H3,(H,16,17). The van der Waals surface area contributed by atoms with E-state index in [9.17, 15) is 0 Å². The molecule has 0 aromatic rings. The third-order valence-corrected chi connectivity index (χ3v) is 6.15. The molecule has 3 heteroatoms. The van der Waals surface area contributed by atoms with Crippen molar-refractivity contribution in [2.24, 2.45) is 16.3 Å². The van der Waals surface area contributed by atoms with Crippen LogP contribution in [-0.2, 0) is 0 Å². The van der Waals surface area contributed by atoms with Gasteiger partial charge in [-0.3, -0.25) is 4.99 Å². The summed E-state index contributed by atoms with van der Waals surface area (Å²) < 4.78 is 0. The minimum absolute atomic E-state index is 0.577. The second-order valence-corrected chi connectivity index (χ2v) is 7.51. The molecule has 2 saturated carbocycles. The number of nitrogens with zero attached hydrogens (tertiary/aromatic N) is 1. The van der Waals surface area contributed by atoms with Crippen molar-refractivity contribution in [3.63, 3.8) is 0 Å². The molecule has 3 rings (SSSR count). The van der Waals surface area contributed by atoms with Crippen molar-refractivity contribution in [1.29, 1.82) is 0 Å². The van der Waals surface area contributed by atoms with E-state index in [0.29, 0.717) is 11.5 Å². The van der Waals surface area contributed by atoms with Gasteiger partial charge in [-0.25, -0.2) is 0 Å². The molecular weight excluding hydrogens is 240 g/mol. The highest BCUT2D eigenvalue weighted by Crippen LogP contribution is 2.43. The van der Waals surface area contributed by atoms with E-state index < -0.39 is 0 Å². The van der Waals surface area contributed by atoms with Crippen LogP contribution in [0.2, 0.25) is 0 Å². The summed E-state index contributed by atoms with van der Waals surface area (Å²) in [7, 11) is 0. The lowest BCUT2D eigenvalue weighted by Gasteiger charge is -2.32. The highest BCUT2D eigenvalue weighted by Gasteiger charge is 2.36. The number of amidine groups is 1. The average Bonchev–Trinajstić information content (AvgIpc) is 3.10. The molecule has 1 spiro atoms. The molecular formula is C15H26N2S. The zero-order valence-electron chi connectivity index (χ0n) is 11.6. The Morgan fingerprint density at radius 1 is 1.39 bits per heavy atom. The van der Waals surface area contributed by atoms with Crippen LogP contribution in [0.25, 0.3) is 0 Å². The number of hydrogen-bond donors (Lipinski definition) is 1. The van der Waals surface area contributed by atoms with Gasteiger partial charge < -0.3 is 5.32 Å². The van der Waals surface area contributed by atoms with Crippen LogP contribution < -0.4 is 5.32 Å². The lowest BCUT2D eigenvalue weighted by atomic mass is 9.89. The van der Waals surface area contributed by atoms with E-state index in [2.05, 4.69) is 12.2 Å². The lowest BCUT2D eigenvalue weighted by Crippen LogP contribution is -2.38. The van der Waals surface area contributed by atoms with E-state index >= 15 is 0 Å². The second-order valence-electron chi connectivity index (χ2n) is 6.55. The molecule has 0 amide bonds. The van der Waals surface area contributed by atoms with Gasteiger partial charge in [0.05, 0.1) is 0 Å². The summed E-state index contributed by atoms with van der Waals surface area (Å²) in [6.07, 6.45) is 11.2. The number of rotatable bonds is 4. The van der Waals surface area contributed by atoms with Crippen LogP contribution in [0.5, 0.6) is 0 Å². The maximum absolute atomic E-state index is 4.85. The molecule has 0 radical (unpaired) electrons. The Morgan fingerprint density at radius 2 is 2.17 bits per heavy atom.